The molecule has 1 aromatic carbocycles. The molecule has 1 aromatic heterocycles. The number of rotatable bonds is 6. The standard InChI is InChI=1S/C17H24BrN3/c1-4-15-17(18)16(21(5-2)20-15)10-13(11-19)14-9-7-6-8-12(14)3/h6-9,13H,4-5,10-11,19H2,1-3H3. The van der Waals surface area contributed by atoms with Crippen molar-refractivity contribution in [2.75, 3.05) is 6.54 Å². The molecule has 1 heterocycles. The van der Waals surface area contributed by atoms with Crippen LogP contribution in [0.4, 0.5) is 0 Å². The molecular formula is C17H24BrN3. The Morgan fingerprint density at radius 2 is 2.00 bits per heavy atom. The Morgan fingerprint density at radius 3 is 2.57 bits per heavy atom. The first-order chi connectivity index (χ1) is 10.1. The van der Waals surface area contributed by atoms with Crippen LogP contribution in [0.2, 0.25) is 0 Å². The lowest BCUT2D eigenvalue weighted by molar-refractivity contribution is 0.579. The summed E-state index contributed by atoms with van der Waals surface area (Å²) in [5.74, 6) is 0.328. The van der Waals surface area contributed by atoms with Crippen LogP contribution in [0.5, 0.6) is 0 Å². The van der Waals surface area contributed by atoms with Gasteiger partial charge in [0.1, 0.15) is 0 Å². The molecule has 21 heavy (non-hydrogen) atoms. The van der Waals surface area contributed by atoms with Crippen LogP contribution < -0.4 is 5.73 Å². The molecule has 2 rings (SSSR count). The van der Waals surface area contributed by atoms with Crippen molar-refractivity contribution in [2.24, 2.45) is 5.73 Å². The number of hydrogen-bond acceptors (Lipinski definition) is 2. The summed E-state index contributed by atoms with van der Waals surface area (Å²) in [7, 11) is 0. The van der Waals surface area contributed by atoms with E-state index in [0.29, 0.717) is 12.5 Å². The third kappa shape index (κ3) is 3.38. The summed E-state index contributed by atoms with van der Waals surface area (Å²) < 4.78 is 3.25. The molecule has 0 spiro atoms. The van der Waals surface area contributed by atoms with E-state index in [9.17, 15) is 0 Å². The van der Waals surface area contributed by atoms with Crippen LogP contribution in [0.1, 0.15) is 42.3 Å². The molecule has 0 amide bonds. The maximum absolute atomic E-state index is 6.06. The fourth-order valence-corrected chi connectivity index (χ4v) is 3.54. The Hall–Kier alpha value is -1.13. The zero-order valence-corrected chi connectivity index (χ0v) is 14.7. The SMILES string of the molecule is CCc1nn(CC)c(CC(CN)c2ccccc2C)c1Br. The van der Waals surface area contributed by atoms with E-state index in [1.54, 1.807) is 0 Å². The first-order valence-electron chi connectivity index (χ1n) is 7.61. The highest BCUT2D eigenvalue weighted by Gasteiger charge is 2.19. The number of nitrogens with two attached hydrogens (primary N) is 1. The zero-order chi connectivity index (χ0) is 15.4. The van der Waals surface area contributed by atoms with E-state index in [-0.39, 0.29) is 0 Å². The molecule has 3 nitrogen and oxygen atoms in total. The van der Waals surface area contributed by atoms with Gasteiger partial charge in [-0.15, -0.1) is 0 Å². The van der Waals surface area contributed by atoms with Crippen molar-refractivity contribution >= 4 is 15.9 Å². The van der Waals surface area contributed by atoms with Gasteiger partial charge in [0.2, 0.25) is 0 Å². The first-order valence-corrected chi connectivity index (χ1v) is 8.41. The van der Waals surface area contributed by atoms with Crippen molar-refractivity contribution in [1.29, 1.82) is 0 Å². The average molecular weight is 350 g/mol. The quantitative estimate of drug-likeness (QED) is 0.861. The smallest absolute Gasteiger partial charge is 0.0766 e. The molecule has 4 heteroatoms. The second-order valence-corrected chi connectivity index (χ2v) is 6.16. The van der Waals surface area contributed by atoms with E-state index in [0.717, 1.165) is 29.6 Å². The highest BCUT2D eigenvalue weighted by Crippen LogP contribution is 2.29. The summed E-state index contributed by atoms with van der Waals surface area (Å²) in [6.45, 7) is 7.96. The predicted molar refractivity (Wildman–Crippen MR) is 91.7 cm³/mol. The minimum absolute atomic E-state index is 0.328. The lowest BCUT2D eigenvalue weighted by Gasteiger charge is -2.18. The van der Waals surface area contributed by atoms with E-state index in [1.807, 2.05) is 0 Å². The fraction of sp³-hybridized carbons (Fsp3) is 0.471. The van der Waals surface area contributed by atoms with Crippen molar-refractivity contribution in [3.05, 3.63) is 51.3 Å². The lowest BCUT2D eigenvalue weighted by atomic mass is 9.91. The van der Waals surface area contributed by atoms with Crippen LogP contribution in [0.15, 0.2) is 28.7 Å². The Balaban J connectivity index is 2.35. The average Bonchev–Trinajstić information content (AvgIpc) is 2.81. The van der Waals surface area contributed by atoms with Crippen LogP contribution in [-0.2, 0) is 19.4 Å². The summed E-state index contributed by atoms with van der Waals surface area (Å²) in [6, 6.07) is 8.51. The normalized spacial score (nSPS) is 12.6. The molecule has 0 aliphatic carbocycles. The summed E-state index contributed by atoms with van der Waals surface area (Å²) >= 11 is 3.73. The number of halogens is 1. The molecule has 2 aromatic rings. The Labute approximate surface area is 135 Å². The number of aryl methyl sites for hydroxylation is 3. The number of nitrogens with zero attached hydrogens (tertiary/aromatic N) is 2. The van der Waals surface area contributed by atoms with E-state index < -0.39 is 0 Å². The molecule has 1 unspecified atom stereocenters. The van der Waals surface area contributed by atoms with Gasteiger partial charge in [-0.2, -0.15) is 5.10 Å². The van der Waals surface area contributed by atoms with Crippen molar-refractivity contribution in [1.82, 2.24) is 9.78 Å². The monoisotopic (exact) mass is 349 g/mol. The second-order valence-electron chi connectivity index (χ2n) is 5.37. The van der Waals surface area contributed by atoms with Gasteiger partial charge >= 0.3 is 0 Å². The topological polar surface area (TPSA) is 43.8 Å². The Morgan fingerprint density at radius 1 is 1.29 bits per heavy atom. The molecule has 0 aliphatic rings. The highest BCUT2D eigenvalue weighted by molar-refractivity contribution is 9.10. The molecule has 0 bridgehead atoms. The molecule has 0 aliphatic heterocycles. The fourth-order valence-electron chi connectivity index (χ4n) is 2.81. The molecular weight excluding hydrogens is 326 g/mol. The molecule has 2 N–H and O–H groups in total. The number of benzene rings is 1. The van der Waals surface area contributed by atoms with E-state index >= 15 is 0 Å². The summed E-state index contributed by atoms with van der Waals surface area (Å²) in [6.07, 6.45) is 1.86. The molecule has 114 valence electrons. The summed E-state index contributed by atoms with van der Waals surface area (Å²) in [5.41, 5.74) is 11.1. The van der Waals surface area contributed by atoms with Gasteiger partial charge in [0.15, 0.2) is 0 Å². The number of hydrogen-bond donors (Lipinski definition) is 1. The van der Waals surface area contributed by atoms with Gasteiger partial charge in [-0.1, -0.05) is 31.2 Å². The van der Waals surface area contributed by atoms with Crippen molar-refractivity contribution < 1.29 is 0 Å². The van der Waals surface area contributed by atoms with Gasteiger partial charge in [0.25, 0.3) is 0 Å². The number of aromatic nitrogens is 2. The van der Waals surface area contributed by atoms with Gasteiger partial charge in [-0.25, -0.2) is 0 Å². The Kier molecular flexibility index (Phi) is 5.59. The van der Waals surface area contributed by atoms with Gasteiger partial charge in [-0.3, -0.25) is 4.68 Å². The minimum Gasteiger partial charge on any atom is -0.330 e. The third-order valence-electron chi connectivity index (χ3n) is 4.05. The summed E-state index contributed by atoms with van der Waals surface area (Å²) in [5, 5.41) is 4.68. The second kappa shape index (κ2) is 7.23. The Bertz CT molecular complexity index is 604. The van der Waals surface area contributed by atoms with E-state index in [2.05, 4.69) is 70.7 Å². The first kappa shape index (κ1) is 16.2. The lowest BCUT2D eigenvalue weighted by Crippen LogP contribution is -2.18. The zero-order valence-electron chi connectivity index (χ0n) is 13.1. The van der Waals surface area contributed by atoms with Crippen LogP contribution in [0, 0.1) is 6.92 Å². The van der Waals surface area contributed by atoms with Crippen molar-refractivity contribution in [2.45, 2.75) is 46.1 Å². The van der Waals surface area contributed by atoms with Gasteiger partial charge in [0, 0.05) is 12.5 Å². The molecule has 1 atom stereocenters. The van der Waals surface area contributed by atoms with Crippen molar-refractivity contribution in [3.8, 4) is 0 Å². The van der Waals surface area contributed by atoms with E-state index in [4.69, 9.17) is 5.73 Å². The van der Waals surface area contributed by atoms with Crippen LogP contribution in [0.3, 0.4) is 0 Å². The molecule has 0 saturated heterocycles. The van der Waals surface area contributed by atoms with Gasteiger partial charge in [-0.05, 0) is 60.3 Å². The van der Waals surface area contributed by atoms with Crippen LogP contribution in [-0.4, -0.2) is 16.3 Å². The maximum atomic E-state index is 6.06. The molecule has 0 radical (unpaired) electrons. The van der Waals surface area contributed by atoms with Crippen LogP contribution >= 0.6 is 15.9 Å². The largest absolute Gasteiger partial charge is 0.330 e. The van der Waals surface area contributed by atoms with Gasteiger partial charge in [0.05, 0.1) is 15.9 Å². The molecule has 0 saturated carbocycles. The van der Waals surface area contributed by atoms with E-state index in [1.165, 1.54) is 16.8 Å². The van der Waals surface area contributed by atoms with Gasteiger partial charge < -0.3 is 5.73 Å². The van der Waals surface area contributed by atoms with Crippen LogP contribution in [0.25, 0.3) is 0 Å². The highest BCUT2D eigenvalue weighted by atomic mass is 79.9. The summed E-state index contributed by atoms with van der Waals surface area (Å²) in [4.78, 5) is 0. The maximum Gasteiger partial charge on any atom is 0.0766 e. The molecule has 0 fully saturated rings. The minimum atomic E-state index is 0.328. The predicted octanol–water partition coefficient (Wildman–Crippen LogP) is 3.82. The van der Waals surface area contributed by atoms with Crippen molar-refractivity contribution in [3.63, 3.8) is 0 Å². The third-order valence-corrected chi connectivity index (χ3v) is 4.96.